The van der Waals surface area contributed by atoms with Crippen molar-refractivity contribution in [1.82, 2.24) is 0 Å². The van der Waals surface area contributed by atoms with Crippen LogP contribution in [-0.4, -0.2) is 24.9 Å². The molecule has 1 atom stereocenters. The summed E-state index contributed by atoms with van der Waals surface area (Å²) in [5, 5.41) is 0. The fourth-order valence-corrected chi connectivity index (χ4v) is 2.42. The largest absolute Gasteiger partial charge is 0.474 e. The second-order valence-corrected chi connectivity index (χ2v) is 4.90. The second-order valence-electron chi connectivity index (χ2n) is 3.42. The Bertz CT molecular complexity index is 224. The Balaban J connectivity index is 2.65. The standard InChI is InChI=1S/C8H17O5P/c1-11-8(6-4-3-5-7-8)13-14(9,10)12-2/h3-7H2,1-2H3,(H,9,10). The van der Waals surface area contributed by atoms with Crippen molar-refractivity contribution in [3.05, 3.63) is 0 Å². The lowest BCUT2D eigenvalue weighted by Gasteiger charge is -2.35. The molecule has 1 rings (SSSR count). The monoisotopic (exact) mass is 224 g/mol. The number of methoxy groups -OCH3 is 1. The van der Waals surface area contributed by atoms with Crippen LogP contribution in [0.5, 0.6) is 0 Å². The van der Waals surface area contributed by atoms with Crippen LogP contribution >= 0.6 is 7.82 Å². The molecule has 0 spiro atoms. The van der Waals surface area contributed by atoms with Crippen molar-refractivity contribution in [3.8, 4) is 0 Å². The summed E-state index contributed by atoms with van der Waals surface area (Å²) in [4.78, 5) is 9.20. The minimum absolute atomic E-state index is 0.636. The van der Waals surface area contributed by atoms with Crippen LogP contribution in [-0.2, 0) is 18.3 Å². The van der Waals surface area contributed by atoms with Gasteiger partial charge in [-0.15, -0.1) is 0 Å². The topological polar surface area (TPSA) is 65.0 Å². The third-order valence-corrected chi connectivity index (χ3v) is 3.52. The number of ether oxygens (including phenoxy) is 1. The van der Waals surface area contributed by atoms with Crippen LogP contribution in [0.25, 0.3) is 0 Å². The zero-order chi connectivity index (χ0) is 10.7. The molecule has 1 saturated carbocycles. The summed E-state index contributed by atoms with van der Waals surface area (Å²) in [6.45, 7) is 0. The summed E-state index contributed by atoms with van der Waals surface area (Å²) >= 11 is 0. The Morgan fingerprint density at radius 3 is 2.21 bits per heavy atom. The first-order valence-electron chi connectivity index (χ1n) is 4.68. The van der Waals surface area contributed by atoms with E-state index in [2.05, 4.69) is 4.52 Å². The van der Waals surface area contributed by atoms with Gasteiger partial charge in [-0.2, -0.15) is 0 Å². The molecule has 0 aromatic heterocycles. The third kappa shape index (κ3) is 3.04. The first kappa shape index (κ1) is 12.1. The van der Waals surface area contributed by atoms with Crippen molar-refractivity contribution in [2.24, 2.45) is 0 Å². The van der Waals surface area contributed by atoms with Crippen molar-refractivity contribution in [3.63, 3.8) is 0 Å². The van der Waals surface area contributed by atoms with E-state index in [9.17, 15) is 9.46 Å². The van der Waals surface area contributed by atoms with Gasteiger partial charge in [0.2, 0.25) is 0 Å². The zero-order valence-corrected chi connectivity index (χ0v) is 9.46. The van der Waals surface area contributed by atoms with Gasteiger partial charge in [0.25, 0.3) is 0 Å². The molecule has 0 saturated heterocycles. The molecule has 0 radical (unpaired) electrons. The van der Waals surface area contributed by atoms with Crippen molar-refractivity contribution in [2.75, 3.05) is 14.2 Å². The van der Waals surface area contributed by atoms with Crippen molar-refractivity contribution in [2.45, 2.75) is 37.9 Å². The van der Waals surface area contributed by atoms with Gasteiger partial charge in [-0.3, -0.25) is 9.05 Å². The molecule has 0 aromatic carbocycles. The van der Waals surface area contributed by atoms with E-state index in [-0.39, 0.29) is 0 Å². The van der Waals surface area contributed by atoms with Gasteiger partial charge >= 0.3 is 7.82 Å². The first-order valence-corrected chi connectivity index (χ1v) is 6.18. The minimum Gasteiger partial charge on any atom is -0.353 e. The molecule has 0 aliphatic heterocycles. The Kier molecular flexibility index (Phi) is 4.10. The second kappa shape index (κ2) is 4.73. The molecule has 1 aliphatic rings. The van der Waals surface area contributed by atoms with Crippen molar-refractivity contribution in [1.29, 1.82) is 0 Å². The summed E-state index contributed by atoms with van der Waals surface area (Å²) in [7, 11) is -1.32. The normalized spacial score (nSPS) is 25.6. The molecule has 14 heavy (non-hydrogen) atoms. The average Bonchev–Trinajstić information content (AvgIpc) is 2.19. The highest BCUT2D eigenvalue weighted by Crippen LogP contribution is 2.50. The van der Waals surface area contributed by atoms with Crippen LogP contribution in [0, 0.1) is 0 Å². The Morgan fingerprint density at radius 1 is 1.21 bits per heavy atom. The summed E-state index contributed by atoms with van der Waals surface area (Å²) in [6, 6.07) is 0. The van der Waals surface area contributed by atoms with Gasteiger partial charge in [-0.25, -0.2) is 4.57 Å². The minimum atomic E-state index is -3.95. The van der Waals surface area contributed by atoms with Gasteiger partial charge in [0.15, 0.2) is 5.79 Å². The smallest absolute Gasteiger partial charge is 0.353 e. The number of rotatable bonds is 4. The maximum atomic E-state index is 11.2. The van der Waals surface area contributed by atoms with Gasteiger partial charge in [-0.05, 0) is 12.8 Å². The van der Waals surface area contributed by atoms with Crippen molar-refractivity contribution < 1.29 is 23.2 Å². The van der Waals surface area contributed by atoms with Crippen LogP contribution in [0.1, 0.15) is 32.1 Å². The van der Waals surface area contributed by atoms with Crippen molar-refractivity contribution >= 4 is 7.82 Å². The van der Waals surface area contributed by atoms with E-state index in [4.69, 9.17) is 9.26 Å². The van der Waals surface area contributed by atoms with Gasteiger partial charge < -0.3 is 9.63 Å². The first-order chi connectivity index (χ1) is 6.54. The highest BCUT2D eigenvalue weighted by Gasteiger charge is 2.40. The molecule has 0 amide bonds. The molecule has 1 N–H and O–H groups in total. The van der Waals surface area contributed by atoms with Gasteiger partial charge in [0.05, 0.1) is 0 Å². The number of hydrogen-bond acceptors (Lipinski definition) is 4. The Morgan fingerprint density at radius 2 is 1.79 bits per heavy atom. The maximum Gasteiger partial charge on any atom is 0.474 e. The molecule has 0 bridgehead atoms. The predicted molar refractivity (Wildman–Crippen MR) is 50.7 cm³/mol. The summed E-state index contributed by atoms with van der Waals surface area (Å²) < 4.78 is 25.8. The van der Waals surface area contributed by atoms with Crippen LogP contribution in [0.4, 0.5) is 0 Å². The lowest BCUT2D eigenvalue weighted by atomic mass is 9.94. The Hall–Kier alpha value is 0.0700. The van der Waals surface area contributed by atoms with E-state index >= 15 is 0 Å². The zero-order valence-electron chi connectivity index (χ0n) is 8.56. The fraction of sp³-hybridized carbons (Fsp3) is 1.00. The number of hydrogen-bond donors (Lipinski definition) is 1. The third-order valence-electron chi connectivity index (χ3n) is 2.50. The van der Waals surface area contributed by atoms with Gasteiger partial charge in [0, 0.05) is 27.1 Å². The summed E-state index contributed by atoms with van der Waals surface area (Å²) in [6.07, 6.45) is 4.26. The Labute approximate surface area is 84.0 Å². The molecule has 1 aliphatic carbocycles. The molecule has 1 fully saturated rings. The summed E-state index contributed by atoms with van der Waals surface area (Å²) in [5.41, 5.74) is 0. The van der Waals surface area contributed by atoms with Crippen LogP contribution in [0.15, 0.2) is 0 Å². The number of phosphoric acid groups is 1. The molecular formula is C8H17O5P. The van der Waals surface area contributed by atoms with E-state index < -0.39 is 13.6 Å². The lowest BCUT2D eigenvalue weighted by Crippen LogP contribution is -2.36. The maximum absolute atomic E-state index is 11.2. The molecule has 5 nitrogen and oxygen atoms in total. The SMILES string of the molecule is COC1(OP(=O)(O)OC)CCCCC1. The predicted octanol–water partition coefficient (Wildman–Crippen LogP) is 2.06. The average molecular weight is 224 g/mol. The van der Waals surface area contributed by atoms with Gasteiger partial charge in [0.1, 0.15) is 0 Å². The highest BCUT2D eigenvalue weighted by molar-refractivity contribution is 7.47. The fourth-order valence-electron chi connectivity index (χ4n) is 1.67. The van der Waals surface area contributed by atoms with Crippen LogP contribution in [0.2, 0.25) is 0 Å². The van der Waals surface area contributed by atoms with Crippen LogP contribution < -0.4 is 0 Å². The van der Waals surface area contributed by atoms with E-state index in [1.165, 1.54) is 7.11 Å². The molecule has 0 heterocycles. The van der Waals surface area contributed by atoms with Gasteiger partial charge in [-0.1, -0.05) is 6.42 Å². The highest BCUT2D eigenvalue weighted by atomic mass is 31.2. The summed E-state index contributed by atoms with van der Waals surface area (Å²) in [5.74, 6) is -0.932. The molecular weight excluding hydrogens is 207 g/mol. The molecule has 6 heteroatoms. The van der Waals surface area contributed by atoms with E-state index in [0.29, 0.717) is 12.8 Å². The van der Waals surface area contributed by atoms with E-state index in [1.807, 2.05) is 0 Å². The van der Waals surface area contributed by atoms with E-state index in [0.717, 1.165) is 26.4 Å². The number of phosphoric ester groups is 1. The molecule has 1 unspecified atom stereocenters. The lowest BCUT2D eigenvalue weighted by molar-refractivity contribution is -0.192. The quantitative estimate of drug-likeness (QED) is 0.584. The van der Waals surface area contributed by atoms with E-state index in [1.54, 1.807) is 0 Å². The molecule has 0 aromatic rings. The van der Waals surface area contributed by atoms with Crippen LogP contribution in [0.3, 0.4) is 0 Å². The molecule has 84 valence electrons.